The van der Waals surface area contributed by atoms with E-state index in [0.29, 0.717) is 39.7 Å². The van der Waals surface area contributed by atoms with Crippen molar-refractivity contribution in [3.05, 3.63) is 53.7 Å². The maximum atomic E-state index is 11.4. The molecule has 0 unspecified atom stereocenters. The average Bonchev–Trinajstić information content (AvgIpc) is 3.16. The lowest BCUT2D eigenvalue weighted by Crippen LogP contribution is -2.14. The maximum Gasteiger partial charge on any atom is 0.238 e. The van der Waals surface area contributed by atoms with Crippen LogP contribution in [0.15, 0.2) is 53.6 Å². The molecule has 0 bridgehead atoms. The second kappa shape index (κ2) is 7.39. The van der Waals surface area contributed by atoms with E-state index in [0.717, 1.165) is 0 Å². The quantitative estimate of drug-likeness (QED) is 0.630. The molecule has 3 aromatic rings. The molecule has 9 nitrogen and oxygen atoms in total. The first kappa shape index (κ1) is 19.2. The standard InChI is InChI=1S/C18H16ClN5O4S/c1-24(16-13(19)6-7-14-17(16)28-10-27-14)15-8-9-21-18(23-15)22-11-2-4-12(5-3-11)29(20,25)26/h2-9H,10H2,1H3,(H2,20,25,26)(H,21,22,23). The Kier molecular flexibility index (Phi) is 4.91. The van der Waals surface area contributed by atoms with Gasteiger partial charge in [0.15, 0.2) is 11.5 Å². The van der Waals surface area contributed by atoms with E-state index in [1.165, 1.54) is 12.1 Å². The predicted octanol–water partition coefficient (Wildman–Crippen LogP) is 3.02. The zero-order valence-corrected chi connectivity index (χ0v) is 16.7. The SMILES string of the molecule is CN(c1ccnc(Nc2ccc(S(N)(=O)=O)cc2)n1)c1c(Cl)ccc2c1OCO2. The van der Waals surface area contributed by atoms with Gasteiger partial charge in [-0.25, -0.2) is 18.5 Å². The number of rotatable bonds is 5. The fraction of sp³-hybridized carbons (Fsp3) is 0.111. The van der Waals surface area contributed by atoms with Gasteiger partial charge in [-0.05, 0) is 42.5 Å². The number of nitrogens with two attached hydrogens (primary N) is 1. The van der Waals surface area contributed by atoms with Crippen LogP contribution in [0.2, 0.25) is 5.02 Å². The molecule has 0 atom stereocenters. The van der Waals surface area contributed by atoms with Gasteiger partial charge in [-0.1, -0.05) is 11.6 Å². The molecule has 0 spiro atoms. The van der Waals surface area contributed by atoms with Crippen LogP contribution in [0.5, 0.6) is 11.5 Å². The summed E-state index contributed by atoms with van der Waals surface area (Å²) >= 11 is 6.38. The summed E-state index contributed by atoms with van der Waals surface area (Å²) in [5.74, 6) is 2.04. The van der Waals surface area contributed by atoms with E-state index in [4.69, 9.17) is 26.2 Å². The summed E-state index contributed by atoms with van der Waals surface area (Å²) in [7, 11) is -1.95. The normalized spacial score (nSPS) is 12.7. The summed E-state index contributed by atoms with van der Waals surface area (Å²) in [6, 6.07) is 11.2. The van der Waals surface area contributed by atoms with Crippen molar-refractivity contribution in [3.8, 4) is 11.5 Å². The van der Waals surface area contributed by atoms with Crippen molar-refractivity contribution in [1.29, 1.82) is 0 Å². The molecule has 0 fully saturated rings. The summed E-state index contributed by atoms with van der Waals surface area (Å²) in [4.78, 5) is 10.5. The van der Waals surface area contributed by atoms with Gasteiger partial charge in [0, 0.05) is 18.9 Å². The monoisotopic (exact) mass is 433 g/mol. The molecular weight excluding hydrogens is 418 g/mol. The van der Waals surface area contributed by atoms with Crippen LogP contribution in [0.4, 0.5) is 23.1 Å². The molecule has 0 saturated carbocycles. The Labute approximate surface area is 172 Å². The van der Waals surface area contributed by atoms with Crippen LogP contribution < -0.4 is 24.8 Å². The molecule has 0 saturated heterocycles. The number of fused-ring (bicyclic) bond motifs is 1. The molecule has 150 valence electrons. The zero-order valence-electron chi connectivity index (χ0n) is 15.2. The molecule has 29 heavy (non-hydrogen) atoms. The Morgan fingerprint density at radius 3 is 2.62 bits per heavy atom. The van der Waals surface area contributed by atoms with Crippen molar-refractivity contribution in [3.63, 3.8) is 0 Å². The smallest absolute Gasteiger partial charge is 0.238 e. The second-order valence-corrected chi connectivity index (χ2v) is 8.09. The molecule has 2 aromatic carbocycles. The van der Waals surface area contributed by atoms with Gasteiger partial charge in [0.1, 0.15) is 11.5 Å². The Morgan fingerprint density at radius 2 is 1.90 bits per heavy atom. The van der Waals surface area contributed by atoms with Crippen molar-refractivity contribution in [1.82, 2.24) is 9.97 Å². The Morgan fingerprint density at radius 1 is 1.14 bits per heavy atom. The third kappa shape index (κ3) is 3.90. The zero-order chi connectivity index (χ0) is 20.6. The Bertz CT molecular complexity index is 1170. The molecule has 3 N–H and O–H groups in total. The van der Waals surface area contributed by atoms with E-state index in [1.54, 1.807) is 48.5 Å². The van der Waals surface area contributed by atoms with Crippen LogP contribution in [-0.4, -0.2) is 32.2 Å². The van der Waals surface area contributed by atoms with E-state index in [2.05, 4.69) is 15.3 Å². The maximum absolute atomic E-state index is 11.4. The van der Waals surface area contributed by atoms with Gasteiger partial charge in [-0.15, -0.1) is 0 Å². The molecule has 1 aliphatic rings. The second-order valence-electron chi connectivity index (χ2n) is 6.12. The van der Waals surface area contributed by atoms with E-state index in [1.807, 2.05) is 0 Å². The molecule has 1 aromatic heterocycles. The highest BCUT2D eigenvalue weighted by Gasteiger charge is 2.24. The number of hydrogen-bond acceptors (Lipinski definition) is 8. The van der Waals surface area contributed by atoms with E-state index in [9.17, 15) is 8.42 Å². The van der Waals surface area contributed by atoms with Crippen molar-refractivity contribution in [2.24, 2.45) is 5.14 Å². The van der Waals surface area contributed by atoms with Gasteiger partial charge in [0.2, 0.25) is 22.8 Å². The lowest BCUT2D eigenvalue weighted by Gasteiger charge is -2.21. The first-order valence-corrected chi connectivity index (χ1v) is 10.3. The summed E-state index contributed by atoms with van der Waals surface area (Å²) in [6.45, 7) is 0.127. The van der Waals surface area contributed by atoms with Crippen LogP contribution in [0.1, 0.15) is 0 Å². The number of aromatic nitrogens is 2. The molecule has 11 heteroatoms. The fourth-order valence-corrected chi connectivity index (χ4v) is 3.61. The van der Waals surface area contributed by atoms with Gasteiger partial charge >= 0.3 is 0 Å². The van der Waals surface area contributed by atoms with Crippen molar-refractivity contribution >= 4 is 44.8 Å². The minimum Gasteiger partial charge on any atom is -0.454 e. The third-order valence-corrected chi connectivity index (χ3v) is 5.46. The number of halogens is 1. The Hall–Kier alpha value is -3.08. The summed E-state index contributed by atoms with van der Waals surface area (Å²) in [5, 5.41) is 8.62. The number of primary sulfonamides is 1. The number of hydrogen-bond donors (Lipinski definition) is 2. The van der Waals surface area contributed by atoms with Crippen LogP contribution in [0.3, 0.4) is 0 Å². The fourth-order valence-electron chi connectivity index (χ4n) is 2.81. The van der Waals surface area contributed by atoms with E-state index >= 15 is 0 Å². The van der Waals surface area contributed by atoms with Crippen LogP contribution in [0, 0.1) is 0 Å². The molecule has 0 radical (unpaired) electrons. The first-order valence-electron chi connectivity index (χ1n) is 8.38. The van der Waals surface area contributed by atoms with Gasteiger partial charge in [-0.2, -0.15) is 4.98 Å². The van der Waals surface area contributed by atoms with Crippen LogP contribution >= 0.6 is 11.6 Å². The number of anilines is 4. The highest BCUT2D eigenvalue weighted by atomic mass is 35.5. The number of ether oxygens (including phenoxy) is 2. The summed E-state index contributed by atoms with van der Waals surface area (Å²) in [5.41, 5.74) is 1.23. The predicted molar refractivity (Wildman–Crippen MR) is 109 cm³/mol. The van der Waals surface area contributed by atoms with Crippen molar-refractivity contribution < 1.29 is 17.9 Å². The highest BCUT2D eigenvalue weighted by Crippen LogP contribution is 2.46. The van der Waals surface area contributed by atoms with Crippen molar-refractivity contribution in [2.45, 2.75) is 4.90 Å². The molecule has 0 aliphatic carbocycles. The first-order chi connectivity index (χ1) is 13.8. The minimum atomic E-state index is -3.75. The van der Waals surface area contributed by atoms with Gasteiger partial charge in [-0.3, -0.25) is 0 Å². The van der Waals surface area contributed by atoms with Gasteiger partial charge in [0.25, 0.3) is 0 Å². The lowest BCUT2D eigenvalue weighted by atomic mass is 10.2. The summed E-state index contributed by atoms with van der Waals surface area (Å²) < 4.78 is 33.7. The van der Waals surface area contributed by atoms with Crippen LogP contribution in [0.25, 0.3) is 0 Å². The van der Waals surface area contributed by atoms with E-state index in [-0.39, 0.29) is 11.7 Å². The number of nitrogens with one attached hydrogen (secondary N) is 1. The summed E-state index contributed by atoms with van der Waals surface area (Å²) in [6.07, 6.45) is 1.59. The number of benzene rings is 2. The molecule has 0 amide bonds. The van der Waals surface area contributed by atoms with Gasteiger partial charge < -0.3 is 19.7 Å². The Balaban J connectivity index is 1.61. The van der Waals surface area contributed by atoms with Crippen LogP contribution in [-0.2, 0) is 10.0 Å². The van der Waals surface area contributed by atoms with Gasteiger partial charge in [0.05, 0.1) is 9.92 Å². The molecular formula is C18H16ClN5O4S. The third-order valence-electron chi connectivity index (χ3n) is 4.22. The lowest BCUT2D eigenvalue weighted by molar-refractivity contribution is 0.174. The largest absolute Gasteiger partial charge is 0.454 e. The molecule has 2 heterocycles. The molecule has 1 aliphatic heterocycles. The molecule has 4 rings (SSSR count). The highest BCUT2D eigenvalue weighted by molar-refractivity contribution is 7.89. The minimum absolute atomic E-state index is 0.0206. The van der Waals surface area contributed by atoms with Crippen molar-refractivity contribution in [2.75, 3.05) is 24.1 Å². The topological polar surface area (TPSA) is 120 Å². The average molecular weight is 434 g/mol. The number of nitrogens with zero attached hydrogens (tertiary/aromatic N) is 3. The number of sulfonamides is 1. The van der Waals surface area contributed by atoms with E-state index < -0.39 is 10.0 Å².